The lowest BCUT2D eigenvalue weighted by Gasteiger charge is -2.00. The standard InChI is InChI=1S/C10H10ClN3O2/c1-14-4-2-7(13-14)6-12-10(15)8-3-5-16-9(8)11/h2-5H,6H2,1H3,(H,12,15). The van der Waals surface area contributed by atoms with Crippen LogP contribution in [0.15, 0.2) is 29.0 Å². The van der Waals surface area contributed by atoms with Crippen molar-refractivity contribution in [2.24, 2.45) is 7.05 Å². The second-order valence-corrected chi connectivity index (χ2v) is 3.61. The van der Waals surface area contributed by atoms with Crippen molar-refractivity contribution < 1.29 is 9.21 Å². The normalized spacial score (nSPS) is 10.4. The summed E-state index contributed by atoms with van der Waals surface area (Å²) < 4.78 is 6.50. The summed E-state index contributed by atoms with van der Waals surface area (Å²) in [6, 6.07) is 3.35. The zero-order valence-electron chi connectivity index (χ0n) is 8.61. The molecule has 0 aliphatic heterocycles. The van der Waals surface area contributed by atoms with Gasteiger partial charge in [0.2, 0.25) is 5.22 Å². The zero-order valence-corrected chi connectivity index (χ0v) is 9.36. The van der Waals surface area contributed by atoms with Gasteiger partial charge in [0.25, 0.3) is 5.91 Å². The predicted molar refractivity (Wildman–Crippen MR) is 58.1 cm³/mol. The van der Waals surface area contributed by atoms with Gasteiger partial charge in [-0.25, -0.2) is 0 Å². The fourth-order valence-corrected chi connectivity index (χ4v) is 1.48. The number of furan rings is 1. The van der Waals surface area contributed by atoms with Gasteiger partial charge in [0, 0.05) is 13.2 Å². The van der Waals surface area contributed by atoms with Crippen LogP contribution in [0.2, 0.25) is 5.22 Å². The van der Waals surface area contributed by atoms with Gasteiger partial charge in [-0.1, -0.05) is 0 Å². The largest absolute Gasteiger partial charge is 0.452 e. The van der Waals surface area contributed by atoms with Crippen LogP contribution < -0.4 is 5.32 Å². The van der Waals surface area contributed by atoms with E-state index in [1.807, 2.05) is 19.3 Å². The Balaban J connectivity index is 1.96. The van der Waals surface area contributed by atoms with Crippen LogP contribution in [-0.4, -0.2) is 15.7 Å². The summed E-state index contributed by atoms with van der Waals surface area (Å²) in [5, 5.41) is 6.92. The number of nitrogens with one attached hydrogen (secondary N) is 1. The molecule has 1 amide bonds. The molecule has 0 saturated carbocycles. The van der Waals surface area contributed by atoms with E-state index >= 15 is 0 Å². The third-order valence-corrected chi connectivity index (χ3v) is 2.35. The number of hydrogen-bond acceptors (Lipinski definition) is 3. The summed E-state index contributed by atoms with van der Waals surface area (Å²) in [6.07, 6.45) is 3.18. The summed E-state index contributed by atoms with van der Waals surface area (Å²) in [5.74, 6) is -0.274. The Labute approximate surface area is 97.0 Å². The number of aryl methyl sites for hydroxylation is 1. The van der Waals surface area contributed by atoms with E-state index < -0.39 is 0 Å². The van der Waals surface area contributed by atoms with Crippen molar-refractivity contribution in [2.75, 3.05) is 0 Å². The van der Waals surface area contributed by atoms with E-state index in [4.69, 9.17) is 16.0 Å². The monoisotopic (exact) mass is 239 g/mol. The van der Waals surface area contributed by atoms with Gasteiger partial charge in [-0.3, -0.25) is 9.48 Å². The Morgan fingerprint density at radius 3 is 3.00 bits per heavy atom. The van der Waals surface area contributed by atoms with Gasteiger partial charge >= 0.3 is 0 Å². The van der Waals surface area contributed by atoms with Crippen molar-refractivity contribution >= 4 is 17.5 Å². The van der Waals surface area contributed by atoms with Crippen LogP contribution in [0.1, 0.15) is 16.1 Å². The minimum atomic E-state index is -0.274. The second-order valence-electron chi connectivity index (χ2n) is 3.27. The van der Waals surface area contributed by atoms with Gasteiger partial charge in [0.15, 0.2) is 0 Å². The number of amides is 1. The number of rotatable bonds is 3. The maximum Gasteiger partial charge on any atom is 0.256 e. The lowest BCUT2D eigenvalue weighted by molar-refractivity contribution is 0.0950. The van der Waals surface area contributed by atoms with E-state index in [1.54, 1.807) is 4.68 Å². The quantitative estimate of drug-likeness (QED) is 0.885. The number of carbonyl (C=O) groups excluding carboxylic acids is 1. The van der Waals surface area contributed by atoms with Gasteiger partial charge in [-0.2, -0.15) is 5.10 Å². The smallest absolute Gasteiger partial charge is 0.256 e. The topological polar surface area (TPSA) is 60.1 Å². The summed E-state index contributed by atoms with van der Waals surface area (Å²) in [5.41, 5.74) is 1.12. The first-order chi connectivity index (χ1) is 7.66. The molecular weight excluding hydrogens is 230 g/mol. The number of carbonyl (C=O) groups is 1. The molecule has 0 aromatic carbocycles. The highest BCUT2D eigenvalue weighted by Gasteiger charge is 2.12. The fraction of sp³-hybridized carbons (Fsp3) is 0.200. The molecule has 1 N–H and O–H groups in total. The number of aromatic nitrogens is 2. The van der Waals surface area contributed by atoms with Crippen molar-refractivity contribution in [1.29, 1.82) is 0 Å². The first-order valence-corrected chi connectivity index (χ1v) is 5.04. The SMILES string of the molecule is Cn1ccc(CNC(=O)c2ccoc2Cl)n1. The average Bonchev–Trinajstić information content (AvgIpc) is 2.84. The van der Waals surface area contributed by atoms with E-state index in [1.165, 1.54) is 12.3 Å². The van der Waals surface area contributed by atoms with Crippen LogP contribution >= 0.6 is 11.6 Å². The molecular formula is C10H10ClN3O2. The van der Waals surface area contributed by atoms with Crippen molar-refractivity contribution in [2.45, 2.75) is 6.54 Å². The molecule has 84 valence electrons. The van der Waals surface area contributed by atoms with Gasteiger partial charge in [0.1, 0.15) is 0 Å². The van der Waals surface area contributed by atoms with Crippen LogP contribution in [0, 0.1) is 0 Å². The van der Waals surface area contributed by atoms with Crippen molar-refractivity contribution in [3.63, 3.8) is 0 Å². The Bertz CT molecular complexity index is 504. The lowest BCUT2D eigenvalue weighted by atomic mass is 10.3. The molecule has 0 bridgehead atoms. The molecule has 0 aliphatic carbocycles. The molecule has 0 spiro atoms. The molecule has 0 atom stereocenters. The van der Waals surface area contributed by atoms with E-state index in [0.29, 0.717) is 12.1 Å². The lowest BCUT2D eigenvalue weighted by Crippen LogP contribution is -2.22. The first kappa shape index (κ1) is 10.8. The third kappa shape index (κ3) is 2.25. The molecule has 0 radical (unpaired) electrons. The first-order valence-electron chi connectivity index (χ1n) is 4.66. The van der Waals surface area contributed by atoms with Crippen LogP contribution in [0.4, 0.5) is 0 Å². The minimum Gasteiger partial charge on any atom is -0.452 e. The summed E-state index contributed by atoms with van der Waals surface area (Å²) in [6.45, 7) is 0.362. The summed E-state index contributed by atoms with van der Waals surface area (Å²) >= 11 is 5.67. The third-order valence-electron chi connectivity index (χ3n) is 2.06. The van der Waals surface area contributed by atoms with Crippen molar-refractivity contribution in [3.05, 3.63) is 41.1 Å². The molecule has 2 aromatic rings. The molecule has 0 fully saturated rings. The Hall–Kier alpha value is -1.75. The molecule has 0 unspecified atom stereocenters. The van der Waals surface area contributed by atoms with Crippen LogP contribution in [-0.2, 0) is 13.6 Å². The highest BCUT2D eigenvalue weighted by molar-refractivity contribution is 6.32. The predicted octanol–water partition coefficient (Wildman–Crippen LogP) is 1.60. The summed E-state index contributed by atoms with van der Waals surface area (Å²) in [4.78, 5) is 11.6. The van der Waals surface area contributed by atoms with Crippen molar-refractivity contribution in [1.82, 2.24) is 15.1 Å². The van der Waals surface area contributed by atoms with Gasteiger partial charge in [-0.15, -0.1) is 0 Å². The van der Waals surface area contributed by atoms with Crippen LogP contribution in [0.25, 0.3) is 0 Å². The molecule has 2 heterocycles. The Morgan fingerprint density at radius 2 is 2.44 bits per heavy atom. The molecule has 16 heavy (non-hydrogen) atoms. The van der Waals surface area contributed by atoms with Gasteiger partial charge < -0.3 is 9.73 Å². The Morgan fingerprint density at radius 1 is 1.62 bits per heavy atom. The number of halogens is 1. The maximum atomic E-state index is 11.6. The fourth-order valence-electron chi connectivity index (χ4n) is 1.28. The summed E-state index contributed by atoms with van der Waals surface area (Å²) in [7, 11) is 1.82. The molecule has 0 aliphatic rings. The Kier molecular flexibility index (Phi) is 2.96. The minimum absolute atomic E-state index is 0.0959. The highest BCUT2D eigenvalue weighted by Crippen LogP contribution is 2.16. The second kappa shape index (κ2) is 4.40. The zero-order chi connectivity index (χ0) is 11.5. The molecule has 2 rings (SSSR count). The average molecular weight is 240 g/mol. The molecule has 0 saturated heterocycles. The van der Waals surface area contributed by atoms with E-state index in [0.717, 1.165) is 5.69 Å². The molecule has 5 nitrogen and oxygen atoms in total. The number of hydrogen-bond donors (Lipinski definition) is 1. The van der Waals surface area contributed by atoms with E-state index in [-0.39, 0.29) is 11.1 Å². The molecule has 2 aromatic heterocycles. The van der Waals surface area contributed by atoms with Gasteiger partial charge in [-0.05, 0) is 23.7 Å². The van der Waals surface area contributed by atoms with Crippen LogP contribution in [0.5, 0.6) is 0 Å². The van der Waals surface area contributed by atoms with E-state index in [9.17, 15) is 4.79 Å². The van der Waals surface area contributed by atoms with Crippen molar-refractivity contribution in [3.8, 4) is 0 Å². The highest BCUT2D eigenvalue weighted by atomic mass is 35.5. The number of nitrogens with zero attached hydrogens (tertiary/aromatic N) is 2. The van der Waals surface area contributed by atoms with E-state index in [2.05, 4.69) is 10.4 Å². The molecule has 6 heteroatoms. The van der Waals surface area contributed by atoms with Gasteiger partial charge in [0.05, 0.1) is 24.1 Å². The maximum absolute atomic E-state index is 11.6. The van der Waals surface area contributed by atoms with Crippen LogP contribution in [0.3, 0.4) is 0 Å².